The Balaban J connectivity index is 1.47. The fraction of sp³-hybridized carbons (Fsp3) is 0.182. The number of para-hydroxylation sites is 1. The van der Waals surface area contributed by atoms with E-state index in [2.05, 4.69) is 15.5 Å². The molecule has 3 aromatic heterocycles. The van der Waals surface area contributed by atoms with Crippen molar-refractivity contribution in [3.8, 4) is 16.3 Å². The predicted molar refractivity (Wildman–Crippen MR) is 118 cm³/mol. The number of hydrogen-bond acceptors (Lipinski definition) is 5. The van der Waals surface area contributed by atoms with Crippen molar-refractivity contribution in [2.24, 2.45) is 0 Å². The summed E-state index contributed by atoms with van der Waals surface area (Å²) in [5.41, 5.74) is 2.72. The number of thiophene rings is 1. The summed E-state index contributed by atoms with van der Waals surface area (Å²) in [5.74, 6) is 0.716. The van der Waals surface area contributed by atoms with Crippen molar-refractivity contribution < 1.29 is 4.79 Å². The van der Waals surface area contributed by atoms with Gasteiger partial charge in [-0.05, 0) is 36.6 Å². The minimum Gasteiger partial charge on any atom is -0.352 e. The van der Waals surface area contributed by atoms with Gasteiger partial charge in [-0.3, -0.25) is 4.79 Å². The molecule has 1 amide bonds. The van der Waals surface area contributed by atoms with Crippen LogP contribution in [0.25, 0.3) is 22.3 Å². The van der Waals surface area contributed by atoms with Crippen molar-refractivity contribution >= 4 is 23.3 Å². The predicted octanol–water partition coefficient (Wildman–Crippen LogP) is 3.58. The molecule has 0 aliphatic heterocycles. The summed E-state index contributed by atoms with van der Waals surface area (Å²) < 4.78 is 3.80. The van der Waals surface area contributed by atoms with Crippen LogP contribution in [-0.2, 0) is 17.8 Å². The fourth-order valence-electron chi connectivity index (χ4n) is 3.09. The highest BCUT2D eigenvalue weighted by Gasteiger charge is 2.12. The van der Waals surface area contributed by atoms with E-state index in [0.717, 1.165) is 34.2 Å². The molecule has 4 aromatic rings. The summed E-state index contributed by atoms with van der Waals surface area (Å²) >= 11 is 1.62. The maximum Gasteiger partial charge on any atom is 0.244 e. The molecule has 0 aliphatic carbocycles. The molecule has 1 N–H and O–H groups in total. The lowest BCUT2D eigenvalue weighted by molar-refractivity contribution is -0.116. The molecule has 0 spiro atoms. The van der Waals surface area contributed by atoms with Crippen LogP contribution in [0.15, 0.2) is 66.4 Å². The average molecular weight is 419 g/mol. The molecule has 0 saturated carbocycles. The van der Waals surface area contributed by atoms with Gasteiger partial charge < -0.3 is 9.88 Å². The number of aromatic nitrogens is 5. The lowest BCUT2D eigenvalue weighted by Gasteiger charge is -2.03. The van der Waals surface area contributed by atoms with Crippen molar-refractivity contribution in [2.45, 2.75) is 19.9 Å². The molecule has 0 bridgehead atoms. The first-order chi connectivity index (χ1) is 14.7. The standard InChI is InChI=1S/C22H22N6OS/c1-2-27-16-24-25-20(27)12-13-23-21(29)11-10-17-15-28(18-7-4-3-5-8-18)26-22(17)19-9-6-14-30-19/h3-11,14-16H,2,12-13H2,1H3,(H,23,29). The molecule has 1 aromatic carbocycles. The van der Waals surface area contributed by atoms with Crippen LogP contribution in [0.4, 0.5) is 0 Å². The summed E-state index contributed by atoms with van der Waals surface area (Å²) in [6.45, 7) is 3.35. The zero-order valence-electron chi connectivity index (χ0n) is 16.6. The Morgan fingerprint density at radius 3 is 2.83 bits per heavy atom. The second-order valence-electron chi connectivity index (χ2n) is 6.60. The van der Waals surface area contributed by atoms with Gasteiger partial charge in [-0.15, -0.1) is 21.5 Å². The van der Waals surface area contributed by atoms with Gasteiger partial charge in [0.15, 0.2) is 0 Å². The van der Waals surface area contributed by atoms with Crippen molar-refractivity contribution in [1.82, 2.24) is 29.9 Å². The van der Waals surface area contributed by atoms with E-state index in [0.29, 0.717) is 13.0 Å². The largest absolute Gasteiger partial charge is 0.352 e. The number of hydrogen-bond donors (Lipinski definition) is 1. The maximum atomic E-state index is 12.3. The third-order valence-electron chi connectivity index (χ3n) is 4.62. The molecule has 152 valence electrons. The van der Waals surface area contributed by atoms with Crippen molar-refractivity contribution in [3.05, 3.63) is 77.8 Å². The number of aryl methyl sites for hydroxylation is 1. The second kappa shape index (κ2) is 9.32. The van der Waals surface area contributed by atoms with E-state index < -0.39 is 0 Å². The van der Waals surface area contributed by atoms with Crippen LogP contribution in [0.5, 0.6) is 0 Å². The number of amides is 1. The van der Waals surface area contributed by atoms with Gasteiger partial charge in [0.2, 0.25) is 5.91 Å². The molecule has 4 rings (SSSR count). The van der Waals surface area contributed by atoms with E-state index in [-0.39, 0.29) is 5.91 Å². The first-order valence-electron chi connectivity index (χ1n) is 9.76. The molecule has 0 aliphatic rings. The number of benzene rings is 1. The average Bonchev–Trinajstić information content (AvgIpc) is 3.53. The SMILES string of the molecule is CCn1cnnc1CCNC(=O)C=Cc1cn(-c2ccccc2)nc1-c1cccs1. The van der Waals surface area contributed by atoms with Gasteiger partial charge >= 0.3 is 0 Å². The Hall–Kier alpha value is -3.52. The van der Waals surface area contributed by atoms with Gasteiger partial charge in [-0.25, -0.2) is 4.68 Å². The van der Waals surface area contributed by atoms with E-state index in [1.807, 2.05) is 76.3 Å². The van der Waals surface area contributed by atoms with Gasteiger partial charge in [0, 0.05) is 37.3 Å². The first-order valence-corrected chi connectivity index (χ1v) is 10.6. The quantitative estimate of drug-likeness (QED) is 0.444. The Labute approximate surface area is 178 Å². The fourth-order valence-corrected chi connectivity index (χ4v) is 3.82. The van der Waals surface area contributed by atoms with Gasteiger partial charge in [-0.2, -0.15) is 5.10 Å². The Morgan fingerprint density at radius 1 is 1.20 bits per heavy atom. The van der Waals surface area contributed by atoms with Crippen LogP contribution in [0.1, 0.15) is 18.3 Å². The van der Waals surface area contributed by atoms with Crippen molar-refractivity contribution in [1.29, 1.82) is 0 Å². The lowest BCUT2D eigenvalue weighted by Crippen LogP contribution is -2.24. The van der Waals surface area contributed by atoms with Gasteiger partial charge in [0.1, 0.15) is 17.8 Å². The summed E-state index contributed by atoms with van der Waals surface area (Å²) in [4.78, 5) is 13.4. The van der Waals surface area contributed by atoms with Crippen LogP contribution in [-0.4, -0.2) is 37.0 Å². The summed E-state index contributed by atoms with van der Waals surface area (Å²) in [6.07, 6.45) is 7.64. The van der Waals surface area contributed by atoms with Crippen molar-refractivity contribution in [2.75, 3.05) is 6.54 Å². The highest BCUT2D eigenvalue weighted by molar-refractivity contribution is 7.13. The zero-order chi connectivity index (χ0) is 20.8. The topological polar surface area (TPSA) is 77.6 Å². The van der Waals surface area contributed by atoms with Crippen LogP contribution >= 0.6 is 11.3 Å². The van der Waals surface area contributed by atoms with Crippen LogP contribution < -0.4 is 5.32 Å². The summed E-state index contributed by atoms with van der Waals surface area (Å²) in [6, 6.07) is 14.0. The van der Waals surface area contributed by atoms with Crippen LogP contribution in [0, 0.1) is 0 Å². The Morgan fingerprint density at radius 2 is 2.07 bits per heavy atom. The normalized spacial score (nSPS) is 11.2. The Bertz CT molecular complexity index is 1130. The van der Waals surface area contributed by atoms with E-state index in [1.54, 1.807) is 23.7 Å². The third-order valence-corrected chi connectivity index (χ3v) is 5.49. The van der Waals surface area contributed by atoms with Crippen molar-refractivity contribution in [3.63, 3.8) is 0 Å². The van der Waals surface area contributed by atoms with Crippen LogP contribution in [0.3, 0.4) is 0 Å². The molecule has 0 atom stereocenters. The molecule has 0 saturated heterocycles. The minimum atomic E-state index is -0.151. The monoisotopic (exact) mass is 418 g/mol. The number of carbonyl (C=O) groups is 1. The summed E-state index contributed by atoms with van der Waals surface area (Å²) in [5, 5.41) is 17.7. The number of nitrogens with one attached hydrogen (secondary N) is 1. The number of carbonyl (C=O) groups excluding carboxylic acids is 1. The zero-order valence-corrected chi connectivity index (χ0v) is 17.4. The molecule has 0 radical (unpaired) electrons. The molecule has 0 unspecified atom stereocenters. The third kappa shape index (κ3) is 4.55. The van der Waals surface area contributed by atoms with Gasteiger partial charge in [-0.1, -0.05) is 24.3 Å². The minimum absolute atomic E-state index is 0.151. The first kappa shape index (κ1) is 19.8. The smallest absolute Gasteiger partial charge is 0.244 e. The second-order valence-corrected chi connectivity index (χ2v) is 7.55. The highest BCUT2D eigenvalue weighted by Crippen LogP contribution is 2.28. The number of rotatable bonds is 8. The van der Waals surface area contributed by atoms with Gasteiger partial charge in [0.25, 0.3) is 0 Å². The molecule has 30 heavy (non-hydrogen) atoms. The van der Waals surface area contributed by atoms with Crippen LogP contribution in [0.2, 0.25) is 0 Å². The maximum absolute atomic E-state index is 12.3. The van der Waals surface area contributed by atoms with E-state index in [1.165, 1.54) is 0 Å². The molecule has 0 fully saturated rings. The molecular formula is C22H22N6OS. The van der Waals surface area contributed by atoms with E-state index in [9.17, 15) is 4.79 Å². The number of nitrogens with zero attached hydrogens (tertiary/aromatic N) is 5. The Kier molecular flexibility index (Phi) is 6.14. The molecular weight excluding hydrogens is 396 g/mol. The molecule has 7 nitrogen and oxygen atoms in total. The lowest BCUT2D eigenvalue weighted by atomic mass is 10.2. The summed E-state index contributed by atoms with van der Waals surface area (Å²) in [7, 11) is 0. The molecule has 8 heteroatoms. The molecule has 3 heterocycles. The van der Waals surface area contributed by atoms with E-state index in [4.69, 9.17) is 5.10 Å². The van der Waals surface area contributed by atoms with E-state index >= 15 is 0 Å². The van der Waals surface area contributed by atoms with Gasteiger partial charge in [0.05, 0.1) is 10.6 Å². The highest BCUT2D eigenvalue weighted by atomic mass is 32.1.